The van der Waals surface area contributed by atoms with Crippen molar-refractivity contribution in [2.24, 2.45) is 0 Å². The van der Waals surface area contributed by atoms with Gasteiger partial charge in [0, 0.05) is 18.2 Å². The van der Waals surface area contributed by atoms with Gasteiger partial charge in [0.2, 0.25) is 0 Å². The van der Waals surface area contributed by atoms with Crippen LogP contribution in [0.1, 0.15) is 22.3 Å². The maximum Gasteiger partial charge on any atom is 0.495 e. The molecule has 0 fully saturated rings. The minimum Gasteiger partial charge on any atom is -0.497 e. The zero-order valence-electron chi connectivity index (χ0n) is 17.3. The van der Waals surface area contributed by atoms with Crippen LogP contribution in [0.25, 0.3) is 0 Å². The Morgan fingerprint density at radius 2 is 1.38 bits per heavy atom. The largest absolute Gasteiger partial charge is 0.497 e. The zero-order chi connectivity index (χ0) is 23.9. The molecule has 2 aromatic carbocycles. The molecule has 0 saturated carbocycles. The Morgan fingerprint density at radius 3 is 1.88 bits per heavy atom. The van der Waals surface area contributed by atoms with Crippen molar-refractivity contribution < 1.29 is 51.2 Å². The van der Waals surface area contributed by atoms with Gasteiger partial charge in [0.25, 0.3) is 6.54 Å². The number of carbonyl (C=O) groups is 3. The minimum atomic E-state index is -1.96. The quantitative estimate of drug-likeness (QED) is 0.371. The number of hydrogen-bond donors (Lipinski definition) is 0. The number of hydrogen-bond acceptors (Lipinski definition) is 8. The number of ether oxygens (including phenoxy) is 5. The lowest BCUT2D eigenvalue weighted by molar-refractivity contribution is 0.112. The summed E-state index contributed by atoms with van der Waals surface area (Å²) in [6.45, 7) is -1.27. The number of benzene rings is 2. The van der Waals surface area contributed by atoms with Gasteiger partial charge in [0.1, 0.15) is 31.3 Å². The summed E-state index contributed by atoms with van der Waals surface area (Å²) in [6, 6.07) is 10.2. The van der Waals surface area contributed by atoms with Crippen LogP contribution >= 0.6 is 0 Å². The van der Waals surface area contributed by atoms with Crippen LogP contribution in [0.3, 0.4) is 0 Å². The number of carbonyl (C=O) groups excluding carboxylic acids is 3. The van der Waals surface area contributed by atoms with E-state index in [9.17, 15) is 22.8 Å². The third-order valence-electron chi connectivity index (χ3n) is 3.84. The van der Waals surface area contributed by atoms with Crippen LogP contribution in [0.15, 0.2) is 36.4 Å². The summed E-state index contributed by atoms with van der Waals surface area (Å²) in [5.41, 5.74) is 2.06. The van der Waals surface area contributed by atoms with Gasteiger partial charge < -0.3 is 23.7 Å². The van der Waals surface area contributed by atoms with Crippen molar-refractivity contribution in [2.45, 2.75) is 26.4 Å². The molecule has 11 heteroatoms. The number of methoxy groups -OCH3 is 2. The highest BCUT2D eigenvalue weighted by molar-refractivity contribution is 5.59. The molecule has 0 spiro atoms. The smallest absolute Gasteiger partial charge is 0.495 e. The second-order valence-electron chi connectivity index (χ2n) is 5.95. The summed E-state index contributed by atoms with van der Waals surface area (Å²) in [7, 11) is 3.02. The fourth-order valence-corrected chi connectivity index (χ4v) is 2.62. The summed E-state index contributed by atoms with van der Waals surface area (Å²) in [5.74, 6) is 1.01. The fourth-order valence-electron chi connectivity index (χ4n) is 2.62. The van der Waals surface area contributed by atoms with Crippen LogP contribution in [0, 0.1) is 0 Å². The Kier molecular flexibility index (Phi) is 11.9. The molecular weight excluding hydrogens is 437 g/mol. The van der Waals surface area contributed by atoms with Gasteiger partial charge in [-0.2, -0.15) is 4.39 Å². The molecule has 0 amide bonds. The SMILES string of the molecule is COCc1cc(COC(=O)F)cc(COC(=O)F)c1OCc1ccc(OC)cc1.O=CF. The van der Waals surface area contributed by atoms with Crippen molar-refractivity contribution in [1.82, 2.24) is 0 Å². The molecule has 2 aromatic rings. The molecule has 0 aliphatic carbocycles. The van der Waals surface area contributed by atoms with E-state index in [1.54, 1.807) is 25.3 Å². The first-order chi connectivity index (χ1) is 15.3. The van der Waals surface area contributed by atoms with E-state index in [0.29, 0.717) is 28.2 Å². The molecule has 0 heterocycles. The molecule has 0 unspecified atom stereocenters. The molecule has 0 N–H and O–H groups in total. The number of halogens is 3. The molecule has 0 aromatic heterocycles. The summed E-state index contributed by atoms with van der Waals surface area (Å²) >= 11 is 0. The lowest BCUT2D eigenvalue weighted by Gasteiger charge is -2.17. The Morgan fingerprint density at radius 1 is 0.844 bits per heavy atom. The van der Waals surface area contributed by atoms with Gasteiger partial charge in [-0.05, 0) is 35.4 Å². The Labute approximate surface area is 181 Å². The molecule has 0 aliphatic heterocycles. The average Bonchev–Trinajstić information content (AvgIpc) is 2.76. The van der Waals surface area contributed by atoms with Crippen LogP contribution in [0.5, 0.6) is 11.5 Å². The Bertz CT molecular complexity index is 887. The predicted octanol–water partition coefficient (Wildman–Crippen LogP) is 4.78. The lowest BCUT2D eigenvalue weighted by Crippen LogP contribution is -2.07. The van der Waals surface area contributed by atoms with Gasteiger partial charge in [-0.1, -0.05) is 12.1 Å². The average molecular weight is 458 g/mol. The molecule has 0 bridgehead atoms. The van der Waals surface area contributed by atoms with E-state index in [0.717, 1.165) is 5.56 Å². The van der Waals surface area contributed by atoms with Crippen LogP contribution in [-0.4, -0.2) is 33.2 Å². The summed E-state index contributed by atoms with van der Waals surface area (Å²) in [4.78, 5) is 29.2. The van der Waals surface area contributed by atoms with Gasteiger partial charge in [0.05, 0.1) is 13.7 Å². The first kappa shape index (κ1) is 26.4. The highest BCUT2D eigenvalue weighted by Crippen LogP contribution is 2.29. The first-order valence-electron chi connectivity index (χ1n) is 8.92. The van der Waals surface area contributed by atoms with Crippen molar-refractivity contribution in [1.29, 1.82) is 0 Å². The van der Waals surface area contributed by atoms with E-state index in [1.165, 1.54) is 13.2 Å². The van der Waals surface area contributed by atoms with Gasteiger partial charge in [-0.3, -0.25) is 4.79 Å². The monoisotopic (exact) mass is 458 g/mol. The number of rotatable bonds is 10. The standard InChI is InChI=1S/C20H20F2O7.CHFO/c1-25-11-15-7-14(10-28-19(21)23)8-16(12-29-20(22)24)18(15)27-9-13-3-5-17(26-2)6-4-13;2-1-3/h3-8H,9-12H2,1-2H3;1H. The Hall–Kier alpha value is -3.60. The van der Waals surface area contributed by atoms with E-state index < -0.39 is 25.6 Å². The second-order valence-corrected chi connectivity index (χ2v) is 5.95. The topological polar surface area (TPSA) is 97.4 Å². The summed E-state index contributed by atoms with van der Waals surface area (Å²) in [5, 5.41) is 0. The molecule has 0 saturated heterocycles. The van der Waals surface area contributed by atoms with Crippen molar-refractivity contribution in [2.75, 3.05) is 14.2 Å². The zero-order valence-corrected chi connectivity index (χ0v) is 17.3. The van der Waals surface area contributed by atoms with E-state index in [1.807, 2.05) is 12.1 Å². The Balaban J connectivity index is 0.00000161. The van der Waals surface area contributed by atoms with Gasteiger partial charge in [-0.25, -0.2) is 9.59 Å². The fraction of sp³-hybridized carbons (Fsp3) is 0.286. The third kappa shape index (κ3) is 9.47. The molecule has 32 heavy (non-hydrogen) atoms. The van der Waals surface area contributed by atoms with E-state index in [4.69, 9.17) is 19.0 Å². The predicted molar refractivity (Wildman–Crippen MR) is 105 cm³/mol. The van der Waals surface area contributed by atoms with Crippen LogP contribution in [0.4, 0.5) is 22.8 Å². The van der Waals surface area contributed by atoms with Gasteiger partial charge in [0.15, 0.2) is 0 Å². The molecule has 174 valence electrons. The van der Waals surface area contributed by atoms with Crippen molar-refractivity contribution >= 4 is 19.0 Å². The van der Waals surface area contributed by atoms with E-state index in [-0.39, 0.29) is 19.8 Å². The molecule has 0 radical (unpaired) electrons. The van der Waals surface area contributed by atoms with Crippen molar-refractivity contribution in [3.05, 3.63) is 58.7 Å². The van der Waals surface area contributed by atoms with Crippen molar-refractivity contribution in [3.63, 3.8) is 0 Å². The van der Waals surface area contributed by atoms with Crippen LogP contribution in [-0.2, 0) is 45.4 Å². The molecule has 2 rings (SSSR count). The van der Waals surface area contributed by atoms with E-state index >= 15 is 0 Å². The molecule has 0 atom stereocenters. The van der Waals surface area contributed by atoms with Crippen molar-refractivity contribution in [3.8, 4) is 11.5 Å². The van der Waals surface area contributed by atoms with Crippen LogP contribution < -0.4 is 9.47 Å². The first-order valence-corrected chi connectivity index (χ1v) is 8.92. The van der Waals surface area contributed by atoms with Gasteiger partial charge in [-0.15, -0.1) is 8.78 Å². The van der Waals surface area contributed by atoms with Crippen LogP contribution in [0.2, 0.25) is 0 Å². The van der Waals surface area contributed by atoms with E-state index in [2.05, 4.69) is 9.47 Å². The molecular formula is C21H21F3O8. The molecule has 0 aliphatic rings. The normalized spacial score (nSPS) is 9.78. The third-order valence-corrected chi connectivity index (χ3v) is 3.84. The summed E-state index contributed by atoms with van der Waals surface area (Å²) < 4.78 is 59.5. The highest BCUT2D eigenvalue weighted by atomic mass is 19.2. The highest BCUT2D eigenvalue weighted by Gasteiger charge is 2.16. The lowest BCUT2D eigenvalue weighted by atomic mass is 10.0. The molecule has 8 nitrogen and oxygen atoms in total. The maximum atomic E-state index is 12.6. The summed E-state index contributed by atoms with van der Waals surface area (Å²) in [6.07, 6.45) is -3.89. The second kappa shape index (κ2) is 14.4. The maximum absolute atomic E-state index is 12.6. The minimum absolute atomic E-state index is 0.103. The van der Waals surface area contributed by atoms with Gasteiger partial charge >= 0.3 is 12.4 Å².